The molecule has 0 aliphatic heterocycles. The topological polar surface area (TPSA) is 26.3 Å². The van der Waals surface area contributed by atoms with Crippen LogP contribution in [0.4, 0.5) is 4.39 Å². The summed E-state index contributed by atoms with van der Waals surface area (Å²) in [5.41, 5.74) is 0.864. The zero-order chi connectivity index (χ0) is 13.0. The SMILES string of the molecule is CCOc1ccc(C(=O)c2cccc(F)c2)cc1. The maximum atomic E-state index is 13.0. The smallest absolute Gasteiger partial charge is 0.193 e. The molecular weight excluding hydrogens is 231 g/mol. The molecule has 0 amide bonds. The molecule has 0 aliphatic carbocycles. The molecule has 0 spiro atoms. The fourth-order valence-electron chi connectivity index (χ4n) is 1.67. The monoisotopic (exact) mass is 244 g/mol. The van der Waals surface area contributed by atoms with Gasteiger partial charge in [0.05, 0.1) is 6.61 Å². The van der Waals surface area contributed by atoms with Crippen LogP contribution in [-0.4, -0.2) is 12.4 Å². The molecule has 0 aliphatic rings. The first-order valence-electron chi connectivity index (χ1n) is 5.74. The predicted molar refractivity (Wildman–Crippen MR) is 67.4 cm³/mol. The van der Waals surface area contributed by atoms with Crippen LogP contribution in [0.15, 0.2) is 48.5 Å². The molecule has 3 heteroatoms. The quantitative estimate of drug-likeness (QED) is 0.770. The van der Waals surface area contributed by atoms with E-state index in [1.165, 1.54) is 18.2 Å². The second-order valence-corrected chi connectivity index (χ2v) is 3.80. The van der Waals surface area contributed by atoms with Gasteiger partial charge in [0, 0.05) is 11.1 Å². The van der Waals surface area contributed by atoms with Crippen molar-refractivity contribution in [1.29, 1.82) is 0 Å². The molecule has 0 aromatic heterocycles. The van der Waals surface area contributed by atoms with E-state index in [0.29, 0.717) is 23.5 Å². The zero-order valence-electron chi connectivity index (χ0n) is 10.0. The van der Waals surface area contributed by atoms with Crippen LogP contribution in [0.2, 0.25) is 0 Å². The van der Waals surface area contributed by atoms with Crippen molar-refractivity contribution in [2.75, 3.05) is 6.61 Å². The zero-order valence-corrected chi connectivity index (χ0v) is 10.0. The van der Waals surface area contributed by atoms with Crippen LogP contribution >= 0.6 is 0 Å². The van der Waals surface area contributed by atoms with Crippen LogP contribution < -0.4 is 4.74 Å². The number of carbonyl (C=O) groups excluding carboxylic acids is 1. The number of ketones is 1. The van der Waals surface area contributed by atoms with Crippen molar-refractivity contribution in [1.82, 2.24) is 0 Å². The molecule has 0 atom stereocenters. The molecular formula is C15H13FO2. The summed E-state index contributed by atoms with van der Waals surface area (Å²) < 4.78 is 18.3. The molecule has 2 aromatic carbocycles. The minimum absolute atomic E-state index is 0.197. The van der Waals surface area contributed by atoms with E-state index in [-0.39, 0.29) is 5.78 Å². The van der Waals surface area contributed by atoms with E-state index in [2.05, 4.69) is 0 Å². The number of hydrogen-bond acceptors (Lipinski definition) is 2. The summed E-state index contributed by atoms with van der Waals surface area (Å²) in [6.07, 6.45) is 0. The molecule has 2 aromatic rings. The lowest BCUT2D eigenvalue weighted by Crippen LogP contribution is -2.01. The molecule has 92 valence electrons. The van der Waals surface area contributed by atoms with Crippen molar-refractivity contribution in [2.24, 2.45) is 0 Å². The van der Waals surface area contributed by atoms with E-state index in [0.717, 1.165) is 0 Å². The first-order chi connectivity index (χ1) is 8.70. The van der Waals surface area contributed by atoms with Gasteiger partial charge in [-0.05, 0) is 43.3 Å². The van der Waals surface area contributed by atoms with Crippen LogP contribution in [0.1, 0.15) is 22.8 Å². The summed E-state index contributed by atoms with van der Waals surface area (Å²) >= 11 is 0. The van der Waals surface area contributed by atoms with E-state index in [1.54, 1.807) is 30.3 Å². The molecule has 0 heterocycles. The Balaban J connectivity index is 2.23. The second-order valence-electron chi connectivity index (χ2n) is 3.80. The molecule has 0 fully saturated rings. The minimum Gasteiger partial charge on any atom is -0.494 e. The van der Waals surface area contributed by atoms with Gasteiger partial charge in [0.1, 0.15) is 11.6 Å². The van der Waals surface area contributed by atoms with E-state index in [4.69, 9.17) is 4.74 Å². The fourth-order valence-corrected chi connectivity index (χ4v) is 1.67. The summed E-state index contributed by atoms with van der Waals surface area (Å²) in [5, 5.41) is 0. The molecule has 2 rings (SSSR count). The van der Waals surface area contributed by atoms with E-state index in [9.17, 15) is 9.18 Å². The number of carbonyl (C=O) groups is 1. The largest absolute Gasteiger partial charge is 0.494 e. The van der Waals surface area contributed by atoms with Crippen LogP contribution in [0.25, 0.3) is 0 Å². The highest BCUT2D eigenvalue weighted by Crippen LogP contribution is 2.16. The van der Waals surface area contributed by atoms with Gasteiger partial charge in [0.2, 0.25) is 0 Å². The molecule has 0 unspecified atom stereocenters. The molecule has 0 saturated carbocycles. The van der Waals surface area contributed by atoms with Crippen molar-refractivity contribution in [3.63, 3.8) is 0 Å². The number of benzene rings is 2. The Labute approximate surface area is 105 Å². The van der Waals surface area contributed by atoms with Crippen LogP contribution in [-0.2, 0) is 0 Å². The van der Waals surface area contributed by atoms with Gasteiger partial charge in [-0.25, -0.2) is 4.39 Å². The molecule has 0 saturated heterocycles. The van der Waals surface area contributed by atoms with E-state index >= 15 is 0 Å². The Morgan fingerprint density at radius 3 is 2.44 bits per heavy atom. The highest BCUT2D eigenvalue weighted by Gasteiger charge is 2.09. The maximum absolute atomic E-state index is 13.0. The first kappa shape index (κ1) is 12.3. The van der Waals surface area contributed by atoms with Gasteiger partial charge in [-0.3, -0.25) is 4.79 Å². The maximum Gasteiger partial charge on any atom is 0.193 e. The Morgan fingerprint density at radius 2 is 1.83 bits per heavy atom. The second kappa shape index (κ2) is 5.45. The number of halogens is 1. The van der Waals surface area contributed by atoms with Gasteiger partial charge < -0.3 is 4.74 Å². The van der Waals surface area contributed by atoms with E-state index < -0.39 is 5.82 Å². The lowest BCUT2D eigenvalue weighted by atomic mass is 10.0. The van der Waals surface area contributed by atoms with E-state index in [1.807, 2.05) is 6.92 Å². The Kier molecular flexibility index (Phi) is 3.72. The Morgan fingerprint density at radius 1 is 1.11 bits per heavy atom. The molecule has 18 heavy (non-hydrogen) atoms. The molecule has 0 radical (unpaired) electrons. The molecule has 0 bridgehead atoms. The molecule has 0 N–H and O–H groups in total. The van der Waals surface area contributed by atoms with Gasteiger partial charge in [0.15, 0.2) is 5.78 Å². The number of hydrogen-bond donors (Lipinski definition) is 0. The normalized spacial score (nSPS) is 10.1. The third-order valence-corrected chi connectivity index (χ3v) is 2.51. The minimum atomic E-state index is -0.410. The van der Waals surface area contributed by atoms with Gasteiger partial charge in [-0.1, -0.05) is 12.1 Å². The number of rotatable bonds is 4. The summed E-state index contributed by atoms with van der Waals surface area (Å²) in [6, 6.07) is 12.5. The highest BCUT2D eigenvalue weighted by molar-refractivity contribution is 6.09. The standard InChI is InChI=1S/C15H13FO2/c1-2-18-14-8-6-11(7-9-14)15(17)12-4-3-5-13(16)10-12/h3-10H,2H2,1H3. The van der Waals surface area contributed by atoms with Crippen molar-refractivity contribution in [3.05, 3.63) is 65.5 Å². The lowest BCUT2D eigenvalue weighted by Gasteiger charge is -2.04. The Hall–Kier alpha value is -2.16. The van der Waals surface area contributed by atoms with Crippen molar-refractivity contribution in [2.45, 2.75) is 6.92 Å². The Bertz CT molecular complexity index is 547. The van der Waals surface area contributed by atoms with Crippen LogP contribution in [0.3, 0.4) is 0 Å². The van der Waals surface area contributed by atoms with Crippen LogP contribution in [0.5, 0.6) is 5.75 Å². The fraction of sp³-hybridized carbons (Fsp3) is 0.133. The number of ether oxygens (including phenoxy) is 1. The summed E-state index contributed by atoms with van der Waals surface area (Å²) in [7, 11) is 0. The average Bonchev–Trinajstić information content (AvgIpc) is 2.39. The van der Waals surface area contributed by atoms with Crippen molar-refractivity contribution >= 4 is 5.78 Å². The summed E-state index contributed by atoms with van der Waals surface area (Å²) in [4.78, 5) is 12.1. The lowest BCUT2D eigenvalue weighted by molar-refractivity contribution is 0.103. The third kappa shape index (κ3) is 2.74. The van der Waals surface area contributed by atoms with Gasteiger partial charge in [0.25, 0.3) is 0 Å². The molecule has 2 nitrogen and oxygen atoms in total. The van der Waals surface area contributed by atoms with Crippen molar-refractivity contribution < 1.29 is 13.9 Å². The van der Waals surface area contributed by atoms with Crippen molar-refractivity contribution in [3.8, 4) is 5.75 Å². The first-order valence-corrected chi connectivity index (χ1v) is 5.74. The van der Waals surface area contributed by atoms with Gasteiger partial charge >= 0.3 is 0 Å². The van der Waals surface area contributed by atoms with Gasteiger partial charge in [-0.15, -0.1) is 0 Å². The third-order valence-electron chi connectivity index (χ3n) is 2.51. The summed E-state index contributed by atoms with van der Waals surface area (Å²) in [5.74, 6) is 0.109. The van der Waals surface area contributed by atoms with Gasteiger partial charge in [-0.2, -0.15) is 0 Å². The summed E-state index contributed by atoms with van der Waals surface area (Å²) in [6.45, 7) is 2.48. The highest BCUT2D eigenvalue weighted by atomic mass is 19.1. The predicted octanol–water partition coefficient (Wildman–Crippen LogP) is 3.46. The van der Waals surface area contributed by atoms with Crippen LogP contribution in [0, 0.1) is 5.82 Å². The average molecular weight is 244 g/mol.